The molecule has 2 N–H and O–H groups in total. The van der Waals surface area contributed by atoms with Gasteiger partial charge in [0.1, 0.15) is 11.8 Å². The molecule has 0 amide bonds. The van der Waals surface area contributed by atoms with Crippen molar-refractivity contribution in [2.45, 2.75) is 19.8 Å². The predicted octanol–water partition coefficient (Wildman–Crippen LogP) is 3.18. The summed E-state index contributed by atoms with van der Waals surface area (Å²) in [6, 6.07) is 7.78. The molecule has 5 nitrogen and oxygen atoms in total. The number of nitrogens with zero attached hydrogens (tertiary/aromatic N) is 2. The first-order chi connectivity index (χ1) is 9.70. The summed E-state index contributed by atoms with van der Waals surface area (Å²) in [6.45, 7) is 4.68. The van der Waals surface area contributed by atoms with Crippen LogP contribution in [-0.4, -0.2) is 16.7 Å². The van der Waals surface area contributed by atoms with Crippen LogP contribution in [0.1, 0.15) is 25.7 Å². The van der Waals surface area contributed by atoms with Crippen molar-refractivity contribution in [1.29, 1.82) is 0 Å². The van der Waals surface area contributed by atoms with Crippen LogP contribution in [0.15, 0.2) is 39.5 Å². The molecule has 20 heavy (non-hydrogen) atoms. The van der Waals surface area contributed by atoms with E-state index in [9.17, 15) is 0 Å². The van der Waals surface area contributed by atoms with Crippen molar-refractivity contribution in [2.75, 3.05) is 6.54 Å². The Morgan fingerprint density at radius 3 is 2.80 bits per heavy atom. The molecule has 3 aromatic rings. The zero-order valence-electron chi connectivity index (χ0n) is 11.5. The molecule has 0 aliphatic rings. The highest BCUT2D eigenvalue weighted by molar-refractivity contribution is 5.91. The maximum atomic E-state index is 5.78. The molecular formula is C15H17N3O2. The minimum Gasteiger partial charge on any atom is -0.464 e. The predicted molar refractivity (Wildman–Crippen MR) is 76.1 cm³/mol. The van der Waals surface area contributed by atoms with Crippen molar-refractivity contribution in [3.63, 3.8) is 0 Å². The molecular weight excluding hydrogens is 254 g/mol. The van der Waals surface area contributed by atoms with Crippen LogP contribution in [0.25, 0.3) is 22.4 Å². The van der Waals surface area contributed by atoms with Crippen LogP contribution in [-0.2, 0) is 0 Å². The van der Waals surface area contributed by atoms with Gasteiger partial charge in [-0.1, -0.05) is 37.2 Å². The van der Waals surface area contributed by atoms with E-state index < -0.39 is 0 Å². The fourth-order valence-corrected chi connectivity index (χ4v) is 2.30. The molecule has 104 valence electrons. The first-order valence-corrected chi connectivity index (χ1v) is 6.71. The quantitative estimate of drug-likeness (QED) is 0.788. The Labute approximate surface area is 116 Å². The second-order valence-corrected chi connectivity index (χ2v) is 5.19. The summed E-state index contributed by atoms with van der Waals surface area (Å²) in [5, 5.41) is 5.04. The third kappa shape index (κ3) is 2.10. The first kappa shape index (κ1) is 12.9. The summed E-state index contributed by atoms with van der Waals surface area (Å²) in [4.78, 5) is 4.48. The SMILES string of the molecule is CC(C)C(CN)c1nc(-c2coc3ccccc23)no1. The molecule has 1 aromatic carbocycles. The van der Waals surface area contributed by atoms with Gasteiger partial charge in [0.15, 0.2) is 0 Å². The molecule has 1 atom stereocenters. The fourth-order valence-electron chi connectivity index (χ4n) is 2.30. The average Bonchev–Trinajstić information content (AvgIpc) is 3.05. The molecule has 0 aliphatic heterocycles. The van der Waals surface area contributed by atoms with Crippen molar-refractivity contribution in [1.82, 2.24) is 10.1 Å². The zero-order valence-corrected chi connectivity index (χ0v) is 11.5. The summed E-state index contributed by atoms with van der Waals surface area (Å²) in [5.74, 6) is 1.57. The lowest BCUT2D eigenvalue weighted by Crippen LogP contribution is -2.18. The number of rotatable bonds is 4. The number of nitrogens with two attached hydrogens (primary N) is 1. The normalized spacial score (nSPS) is 13.2. The molecule has 0 saturated heterocycles. The smallest absolute Gasteiger partial charge is 0.231 e. The third-order valence-corrected chi connectivity index (χ3v) is 3.54. The van der Waals surface area contributed by atoms with Crippen molar-refractivity contribution >= 4 is 11.0 Å². The minimum absolute atomic E-state index is 0.0782. The second-order valence-electron chi connectivity index (χ2n) is 5.19. The molecule has 2 aromatic heterocycles. The molecule has 5 heteroatoms. The molecule has 0 fully saturated rings. The third-order valence-electron chi connectivity index (χ3n) is 3.54. The van der Waals surface area contributed by atoms with E-state index in [1.54, 1.807) is 6.26 Å². The molecule has 0 bridgehead atoms. The van der Waals surface area contributed by atoms with Gasteiger partial charge >= 0.3 is 0 Å². The number of benzene rings is 1. The Bertz CT molecular complexity index is 715. The van der Waals surface area contributed by atoms with Crippen molar-refractivity contribution < 1.29 is 8.94 Å². The van der Waals surface area contributed by atoms with E-state index in [0.29, 0.717) is 24.2 Å². The van der Waals surface area contributed by atoms with Gasteiger partial charge in [-0.25, -0.2) is 0 Å². The number of furan rings is 1. The Morgan fingerprint density at radius 1 is 1.25 bits per heavy atom. The molecule has 0 radical (unpaired) electrons. The Morgan fingerprint density at radius 2 is 2.05 bits per heavy atom. The van der Waals surface area contributed by atoms with Gasteiger partial charge < -0.3 is 14.7 Å². The first-order valence-electron chi connectivity index (χ1n) is 6.71. The monoisotopic (exact) mass is 271 g/mol. The molecule has 2 heterocycles. The van der Waals surface area contributed by atoms with Crippen LogP contribution >= 0.6 is 0 Å². The maximum absolute atomic E-state index is 5.78. The van der Waals surface area contributed by atoms with Crippen LogP contribution in [0.4, 0.5) is 0 Å². The summed E-state index contributed by atoms with van der Waals surface area (Å²) in [7, 11) is 0. The van der Waals surface area contributed by atoms with Gasteiger partial charge in [-0.05, 0) is 12.0 Å². The summed E-state index contributed by atoms with van der Waals surface area (Å²) in [5.41, 5.74) is 7.43. The van der Waals surface area contributed by atoms with Crippen LogP contribution in [0.2, 0.25) is 0 Å². The fraction of sp³-hybridized carbons (Fsp3) is 0.333. The summed E-state index contributed by atoms with van der Waals surface area (Å²) < 4.78 is 10.9. The maximum Gasteiger partial charge on any atom is 0.231 e. The number of fused-ring (bicyclic) bond motifs is 1. The molecule has 0 spiro atoms. The molecule has 3 rings (SSSR count). The Kier molecular flexibility index (Phi) is 3.28. The zero-order chi connectivity index (χ0) is 14.1. The van der Waals surface area contributed by atoms with Gasteiger partial charge in [-0.15, -0.1) is 0 Å². The number of hydrogen-bond donors (Lipinski definition) is 1. The van der Waals surface area contributed by atoms with Crippen LogP contribution in [0.5, 0.6) is 0 Å². The van der Waals surface area contributed by atoms with Gasteiger partial charge in [-0.2, -0.15) is 4.98 Å². The van der Waals surface area contributed by atoms with Crippen molar-refractivity contribution in [2.24, 2.45) is 11.7 Å². The second kappa shape index (κ2) is 5.09. The van der Waals surface area contributed by atoms with Crippen LogP contribution < -0.4 is 5.73 Å². The van der Waals surface area contributed by atoms with Crippen molar-refractivity contribution in [3.05, 3.63) is 36.4 Å². The molecule has 0 aliphatic carbocycles. The van der Waals surface area contributed by atoms with Gasteiger partial charge in [0.05, 0.1) is 11.5 Å². The lowest BCUT2D eigenvalue weighted by Gasteiger charge is -2.13. The van der Waals surface area contributed by atoms with Gasteiger partial charge in [0.2, 0.25) is 11.7 Å². The van der Waals surface area contributed by atoms with Gasteiger partial charge in [0.25, 0.3) is 0 Å². The largest absolute Gasteiger partial charge is 0.464 e. The number of aromatic nitrogens is 2. The van der Waals surface area contributed by atoms with E-state index in [0.717, 1.165) is 16.5 Å². The Hall–Kier alpha value is -2.14. The average molecular weight is 271 g/mol. The highest BCUT2D eigenvalue weighted by atomic mass is 16.5. The lowest BCUT2D eigenvalue weighted by atomic mass is 9.96. The van der Waals surface area contributed by atoms with Crippen LogP contribution in [0, 0.1) is 5.92 Å². The van der Waals surface area contributed by atoms with E-state index in [2.05, 4.69) is 24.0 Å². The van der Waals surface area contributed by atoms with Gasteiger partial charge in [0, 0.05) is 11.9 Å². The topological polar surface area (TPSA) is 78.1 Å². The highest BCUT2D eigenvalue weighted by Gasteiger charge is 2.22. The standard InChI is InChI=1S/C15H17N3O2/c1-9(2)11(7-16)15-17-14(18-20-15)12-8-19-13-6-4-3-5-10(12)13/h3-6,8-9,11H,7,16H2,1-2H3. The number of hydrogen-bond acceptors (Lipinski definition) is 5. The molecule has 1 unspecified atom stereocenters. The summed E-state index contributed by atoms with van der Waals surface area (Å²) >= 11 is 0. The summed E-state index contributed by atoms with van der Waals surface area (Å²) in [6.07, 6.45) is 1.66. The minimum atomic E-state index is 0.0782. The van der Waals surface area contributed by atoms with Gasteiger partial charge in [-0.3, -0.25) is 0 Å². The molecule has 0 saturated carbocycles. The highest BCUT2D eigenvalue weighted by Crippen LogP contribution is 2.30. The van der Waals surface area contributed by atoms with E-state index in [1.165, 1.54) is 0 Å². The number of para-hydroxylation sites is 1. The van der Waals surface area contributed by atoms with E-state index in [1.807, 2.05) is 24.3 Å². The van der Waals surface area contributed by atoms with Crippen molar-refractivity contribution in [3.8, 4) is 11.4 Å². The van der Waals surface area contributed by atoms with E-state index in [-0.39, 0.29) is 5.92 Å². The van der Waals surface area contributed by atoms with E-state index >= 15 is 0 Å². The van der Waals surface area contributed by atoms with E-state index in [4.69, 9.17) is 14.7 Å². The Balaban J connectivity index is 2.01. The lowest BCUT2D eigenvalue weighted by molar-refractivity contribution is 0.324. The van der Waals surface area contributed by atoms with Crippen LogP contribution in [0.3, 0.4) is 0 Å².